The summed E-state index contributed by atoms with van der Waals surface area (Å²) in [5, 5.41) is 11.3. The third kappa shape index (κ3) is 9.05. The van der Waals surface area contributed by atoms with Crippen LogP contribution in [0.3, 0.4) is 0 Å². The van der Waals surface area contributed by atoms with Crippen molar-refractivity contribution in [1.29, 1.82) is 0 Å². The number of benzene rings is 4. The summed E-state index contributed by atoms with van der Waals surface area (Å²) in [6, 6.07) is 25.4. The number of amides is 2. The summed E-state index contributed by atoms with van der Waals surface area (Å²) >= 11 is 0. The van der Waals surface area contributed by atoms with Crippen LogP contribution >= 0.6 is 0 Å². The van der Waals surface area contributed by atoms with Gasteiger partial charge in [-0.3, -0.25) is 18.7 Å². The van der Waals surface area contributed by atoms with Crippen LogP contribution in [0.5, 0.6) is 11.5 Å². The van der Waals surface area contributed by atoms with Crippen LogP contribution in [0.1, 0.15) is 38.8 Å². The Morgan fingerprint density at radius 3 is 1.71 bits per heavy atom. The molecule has 0 spiro atoms. The molecule has 4 aromatic rings. The topological polar surface area (TPSA) is 193 Å². The SMILES string of the molecule is CC(C)C1=NN(c2cccc(S(=O)(=O)O)c2)C(=O)C1=Cc1ccc(OCCOc2ccc(CC3C(=O)N(c4cccc(S(=O)(=O)O)c4)N=C3C(C)C)cc2)cc1. The Balaban J connectivity index is 1.02. The fourth-order valence-electron chi connectivity index (χ4n) is 6.23. The van der Waals surface area contributed by atoms with Crippen LogP contribution in [0.2, 0.25) is 0 Å². The minimum Gasteiger partial charge on any atom is -0.490 e. The highest BCUT2D eigenvalue weighted by Crippen LogP contribution is 2.32. The highest BCUT2D eigenvalue weighted by molar-refractivity contribution is 7.86. The van der Waals surface area contributed by atoms with Crippen LogP contribution in [0.15, 0.2) is 123 Å². The quantitative estimate of drug-likeness (QED) is 0.0831. The average molecular weight is 801 g/mol. The molecular formula is C40H40N4O10S2. The van der Waals surface area contributed by atoms with Gasteiger partial charge in [-0.05, 0) is 96.1 Å². The zero-order valence-electron chi connectivity index (χ0n) is 30.9. The van der Waals surface area contributed by atoms with Gasteiger partial charge in [0.2, 0.25) is 0 Å². The minimum atomic E-state index is -4.47. The second-order valence-electron chi connectivity index (χ2n) is 13.8. The summed E-state index contributed by atoms with van der Waals surface area (Å²) < 4.78 is 77.3. The summed E-state index contributed by atoms with van der Waals surface area (Å²) in [6.07, 6.45) is 2.09. The van der Waals surface area contributed by atoms with Crippen LogP contribution in [0.25, 0.3) is 6.08 Å². The molecule has 292 valence electrons. The highest BCUT2D eigenvalue weighted by Gasteiger charge is 2.38. The van der Waals surface area contributed by atoms with Crippen molar-refractivity contribution in [3.8, 4) is 11.5 Å². The van der Waals surface area contributed by atoms with E-state index < -0.39 is 32.1 Å². The van der Waals surface area contributed by atoms with Gasteiger partial charge in [0.1, 0.15) is 24.7 Å². The van der Waals surface area contributed by atoms with Gasteiger partial charge in [-0.2, -0.15) is 32.0 Å². The van der Waals surface area contributed by atoms with E-state index in [1.807, 2.05) is 52.0 Å². The molecule has 0 bridgehead atoms. The van der Waals surface area contributed by atoms with E-state index in [1.54, 1.807) is 36.4 Å². The Morgan fingerprint density at radius 2 is 1.21 bits per heavy atom. The molecule has 1 atom stereocenters. The number of hydrogen-bond acceptors (Lipinski definition) is 10. The second kappa shape index (κ2) is 16.2. The standard InChI is InChI=1S/C40H40N4O10S2/c1-25(2)37-35(39(45)43(41-37)29-7-5-9-33(23-29)55(47,48)49)21-27-11-15-31(16-12-27)53-19-20-54-32-17-13-28(14-18-32)22-36-38(26(3)4)42-44(40(36)46)30-8-6-10-34(24-30)56(50,51)52/h5-18,21,23-26,36H,19-20,22H2,1-4H3,(H,47,48,49)(H,50,51,52). The summed E-state index contributed by atoms with van der Waals surface area (Å²) in [6.45, 7) is 8.18. The van der Waals surface area contributed by atoms with Gasteiger partial charge in [-0.25, -0.2) is 5.01 Å². The van der Waals surface area contributed by atoms with Gasteiger partial charge in [0, 0.05) is 0 Å². The summed E-state index contributed by atoms with van der Waals surface area (Å²) in [5.74, 6) is -0.224. The van der Waals surface area contributed by atoms with Crippen molar-refractivity contribution in [1.82, 2.24) is 0 Å². The van der Waals surface area contributed by atoms with Crippen LogP contribution in [-0.4, -0.2) is 62.4 Å². The first kappa shape index (κ1) is 40.0. The van der Waals surface area contributed by atoms with Crippen LogP contribution in [-0.2, 0) is 36.2 Å². The molecule has 16 heteroatoms. The molecule has 14 nitrogen and oxygen atoms in total. The number of anilines is 2. The maximum atomic E-state index is 13.5. The molecule has 56 heavy (non-hydrogen) atoms. The molecular weight excluding hydrogens is 761 g/mol. The lowest BCUT2D eigenvalue weighted by Crippen LogP contribution is -2.30. The zero-order chi connectivity index (χ0) is 40.4. The van der Waals surface area contributed by atoms with Crippen molar-refractivity contribution in [2.75, 3.05) is 23.2 Å². The molecule has 2 N–H and O–H groups in total. The van der Waals surface area contributed by atoms with Crippen molar-refractivity contribution in [2.45, 2.75) is 43.9 Å². The summed E-state index contributed by atoms with van der Waals surface area (Å²) in [7, 11) is -8.92. The fourth-order valence-corrected chi connectivity index (χ4v) is 7.27. The van der Waals surface area contributed by atoms with Gasteiger partial charge in [0.25, 0.3) is 32.1 Å². The summed E-state index contributed by atoms with van der Waals surface area (Å²) in [4.78, 5) is 26.3. The third-order valence-corrected chi connectivity index (χ3v) is 10.7. The Bertz CT molecular complexity index is 2460. The van der Waals surface area contributed by atoms with Crippen molar-refractivity contribution in [3.05, 3.63) is 114 Å². The maximum absolute atomic E-state index is 13.5. The molecule has 4 aromatic carbocycles. The van der Waals surface area contributed by atoms with Gasteiger partial charge in [-0.15, -0.1) is 0 Å². The minimum absolute atomic E-state index is 0.0436. The van der Waals surface area contributed by atoms with E-state index in [2.05, 4.69) is 10.2 Å². The first-order chi connectivity index (χ1) is 26.5. The van der Waals surface area contributed by atoms with Gasteiger partial charge in [0.15, 0.2) is 0 Å². The number of hydrazone groups is 2. The van der Waals surface area contributed by atoms with E-state index in [4.69, 9.17) is 9.47 Å². The summed E-state index contributed by atoms with van der Waals surface area (Å²) in [5.41, 5.74) is 3.64. The molecule has 0 aromatic heterocycles. The second-order valence-corrected chi connectivity index (χ2v) is 16.6. The van der Waals surface area contributed by atoms with E-state index in [0.717, 1.165) is 16.1 Å². The van der Waals surface area contributed by atoms with Crippen molar-refractivity contribution < 1.29 is 45.0 Å². The predicted molar refractivity (Wildman–Crippen MR) is 211 cm³/mol. The van der Waals surface area contributed by atoms with E-state index in [9.17, 15) is 35.5 Å². The Kier molecular flexibility index (Phi) is 11.6. The Hall–Kier alpha value is -5.68. The molecule has 0 fully saturated rings. The van der Waals surface area contributed by atoms with Gasteiger partial charge in [0.05, 0.1) is 44.1 Å². The lowest BCUT2D eigenvalue weighted by atomic mass is 9.89. The number of ether oxygens (including phenoxy) is 2. The van der Waals surface area contributed by atoms with Gasteiger partial charge in [-0.1, -0.05) is 64.1 Å². The van der Waals surface area contributed by atoms with Crippen molar-refractivity contribution in [3.63, 3.8) is 0 Å². The number of hydrogen-bond donors (Lipinski definition) is 2. The van der Waals surface area contributed by atoms with Crippen LogP contribution in [0.4, 0.5) is 11.4 Å². The lowest BCUT2D eigenvalue weighted by Gasteiger charge is -2.16. The Labute approximate surface area is 325 Å². The number of rotatable bonds is 14. The molecule has 2 amide bonds. The number of nitrogens with zero attached hydrogens (tertiary/aromatic N) is 4. The van der Waals surface area contributed by atoms with Crippen LogP contribution in [0, 0.1) is 17.8 Å². The van der Waals surface area contributed by atoms with Crippen molar-refractivity contribution >= 4 is 60.9 Å². The van der Waals surface area contributed by atoms with Gasteiger partial charge < -0.3 is 9.47 Å². The first-order valence-electron chi connectivity index (χ1n) is 17.7. The van der Waals surface area contributed by atoms with E-state index in [1.165, 1.54) is 47.5 Å². The van der Waals surface area contributed by atoms with Crippen molar-refractivity contribution in [2.24, 2.45) is 28.0 Å². The average Bonchev–Trinajstić information content (AvgIpc) is 3.66. The van der Waals surface area contributed by atoms with Crippen LogP contribution < -0.4 is 19.5 Å². The van der Waals surface area contributed by atoms with E-state index >= 15 is 0 Å². The predicted octanol–water partition coefficient (Wildman–Crippen LogP) is 6.30. The molecule has 0 radical (unpaired) electrons. The number of carbonyl (C=O) groups is 2. The van der Waals surface area contributed by atoms with E-state index in [-0.39, 0.29) is 52.1 Å². The molecule has 6 rings (SSSR count). The number of carbonyl (C=O) groups excluding carboxylic acids is 2. The molecule has 2 aliphatic heterocycles. The monoisotopic (exact) mass is 800 g/mol. The first-order valence-corrected chi connectivity index (χ1v) is 20.5. The lowest BCUT2D eigenvalue weighted by molar-refractivity contribution is -0.119. The molecule has 2 aliphatic rings. The zero-order valence-corrected chi connectivity index (χ0v) is 32.6. The third-order valence-electron chi connectivity index (χ3n) is 9.02. The molecule has 0 aliphatic carbocycles. The molecule has 0 saturated heterocycles. The fraction of sp³-hybridized carbons (Fsp3) is 0.250. The Morgan fingerprint density at radius 1 is 0.696 bits per heavy atom. The largest absolute Gasteiger partial charge is 0.490 e. The molecule has 0 saturated carbocycles. The van der Waals surface area contributed by atoms with Gasteiger partial charge >= 0.3 is 0 Å². The smallest absolute Gasteiger partial charge is 0.294 e. The maximum Gasteiger partial charge on any atom is 0.294 e. The normalized spacial score (nSPS) is 16.9. The highest BCUT2D eigenvalue weighted by atomic mass is 32.2. The van der Waals surface area contributed by atoms with E-state index in [0.29, 0.717) is 34.9 Å². The molecule has 2 heterocycles. The molecule has 1 unspecified atom stereocenters.